The molecule has 0 aliphatic rings. The number of hydrazine groups is 1. The maximum Gasteiger partial charge on any atom is 0.451 e. The Morgan fingerprint density at radius 2 is 2.05 bits per heavy atom. The van der Waals surface area contributed by atoms with Gasteiger partial charge >= 0.3 is 6.18 Å². The molecule has 0 aliphatic carbocycles. The molecule has 0 radical (unpaired) electrons. The predicted octanol–water partition coefficient (Wildman–Crippen LogP) is 0.441. The maximum absolute atomic E-state index is 12.5. The molecule has 1 rings (SSSR count). The third-order valence-corrected chi connectivity index (χ3v) is 3.34. The van der Waals surface area contributed by atoms with E-state index >= 15 is 0 Å². The average molecular weight is 342 g/mol. The van der Waals surface area contributed by atoms with Crippen molar-refractivity contribution < 1.29 is 18.0 Å². The number of rotatable bonds is 4. The number of hydrogen-bond acceptors (Lipinski definition) is 5. The number of halogens is 3. The van der Waals surface area contributed by atoms with E-state index in [0.717, 1.165) is 16.3 Å². The topological polar surface area (TPSA) is 83.9 Å². The van der Waals surface area contributed by atoms with Gasteiger partial charge in [0.25, 0.3) is 0 Å². The minimum absolute atomic E-state index is 0.00765. The predicted molar refractivity (Wildman–Crippen MR) is 74.3 cm³/mol. The molecule has 0 saturated heterocycles. The zero-order chi connectivity index (χ0) is 16.0. The molecule has 1 amide bonds. The first-order chi connectivity index (χ1) is 9.75. The summed E-state index contributed by atoms with van der Waals surface area (Å²) in [4.78, 5) is 11.5. The van der Waals surface area contributed by atoms with Gasteiger partial charge in [-0.15, -0.1) is 10.2 Å². The van der Waals surface area contributed by atoms with Gasteiger partial charge in [-0.2, -0.15) is 13.2 Å². The summed E-state index contributed by atoms with van der Waals surface area (Å²) in [6.45, 7) is 2.42. The summed E-state index contributed by atoms with van der Waals surface area (Å²) in [5.41, 5.74) is 4.75. The molecule has 0 unspecified atom stereocenters. The minimum Gasteiger partial charge on any atom is -0.362 e. The summed E-state index contributed by atoms with van der Waals surface area (Å²) in [6.07, 6.45) is -4.58. The molecule has 0 fully saturated rings. The fourth-order valence-electron chi connectivity index (χ4n) is 1.18. The Balaban J connectivity index is 2.47. The van der Waals surface area contributed by atoms with Crippen LogP contribution in [0, 0.1) is 0 Å². The molecule has 0 atom stereocenters. The molecule has 12 heteroatoms. The number of carbonyl (C=O) groups excluding carboxylic acids is 1. The molecule has 1 aromatic rings. The number of nitrogens with one attached hydrogen (secondary N) is 3. The zero-order valence-electron chi connectivity index (χ0n) is 11.1. The number of carbonyl (C=O) groups is 1. The van der Waals surface area contributed by atoms with Crippen LogP contribution in [0.5, 0.6) is 0 Å². The van der Waals surface area contributed by atoms with Gasteiger partial charge in [0.1, 0.15) is 0 Å². The normalized spacial score (nSPS) is 11.1. The second kappa shape index (κ2) is 7.45. The van der Waals surface area contributed by atoms with Crippen molar-refractivity contribution in [3.05, 3.63) is 5.82 Å². The molecular weight excluding hydrogens is 329 g/mol. The van der Waals surface area contributed by atoms with Crippen molar-refractivity contribution in [2.24, 2.45) is 7.05 Å². The Bertz CT molecular complexity index is 518. The largest absolute Gasteiger partial charge is 0.451 e. The first-order valence-corrected chi connectivity index (χ1v) is 7.07. The van der Waals surface area contributed by atoms with Crippen LogP contribution in [0.2, 0.25) is 0 Å². The number of amides is 1. The molecule has 0 saturated carbocycles. The average Bonchev–Trinajstić information content (AvgIpc) is 2.75. The highest BCUT2D eigenvalue weighted by atomic mass is 32.2. The van der Waals surface area contributed by atoms with E-state index in [0.29, 0.717) is 6.54 Å². The summed E-state index contributed by atoms with van der Waals surface area (Å²) in [5.74, 6) is -1.71. The minimum atomic E-state index is -4.58. The van der Waals surface area contributed by atoms with Crippen molar-refractivity contribution in [3.63, 3.8) is 0 Å². The second-order valence-corrected chi connectivity index (χ2v) is 5.04. The Morgan fingerprint density at radius 3 is 2.57 bits per heavy atom. The summed E-state index contributed by atoms with van der Waals surface area (Å²) in [5, 5.41) is 9.44. The van der Waals surface area contributed by atoms with Crippen molar-refractivity contribution in [1.29, 1.82) is 0 Å². The standard InChI is InChI=1S/C9H13F3N6OS2/c1-3-13-7(20)16-14-5(19)4-21-8-17-15-6(18(8)2)9(10,11)12/h3-4H2,1-2H3,(H,14,19)(H2,13,16,20). The molecule has 0 spiro atoms. The molecular formula is C9H13F3N6OS2. The maximum atomic E-state index is 12.5. The number of thiocarbonyl (C=S) groups is 1. The molecule has 0 aromatic carbocycles. The summed E-state index contributed by atoms with van der Waals surface area (Å²) < 4.78 is 38.3. The fraction of sp³-hybridized carbons (Fsp3) is 0.556. The lowest BCUT2D eigenvalue weighted by Crippen LogP contribution is -2.47. The van der Waals surface area contributed by atoms with Gasteiger partial charge < -0.3 is 9.88 Å². The number of hydrogen-bond donors (Lipinski definition) is 3. The summed E-state index contributed by atoms with van der Waals surface area (Å²) >= 11 is 5.65. The van der Waals surface area contributed by atoms with E-state index in [1.807, 2.05) is 6.92 Å². The Morgan fingerprint density at radius 1 is 1.38 bits per heavy atom. The third kappa shape index (κ3) is 5.38. The molecule has 118 valence electrons. The molecule has 3 N–H and O–H groups in total. The zero-order valence-corrected chi connectivity index (χ0v) is 12.7. The number of alkyl halides is 3. The van der Waals surface area contributed by atoms with Gasteiger partial charge in [0, 0.05) is 13.6 Å². The van der Waals surface area contributed by atoms with Gasteiger partial charge in [-0.05, 0) is 19.1 Å². The number of nitrogens with zero attached hydrogens (tertiary/aromatic N) is 3. The van der Waals surface area contributed by atoms with Crippen LogP contribution >= 0.6 is 24.0 Å². The van der Waals surface area contributed by atoms with Gasteiger partial charge in [0.15, 0.2) is 10.3 Å². The van der Waals surface area contributed by atoms with Crippen molar-refractivity contribution in [2.45, 2.75) is 18.3 Å². The van der Waals surface area contributed by atoms with Crippen LogP contribution in [-0.2, 0) is 18.0 Å². The van der Waals surface area contributed by atoms with Crippen LogP contribution in [0.3, 0.4) is 0 Å². The van der Waals surface area contributed by atoms with Crippen molar-refractivity contribution >= 4 is 35.0 Å². The van der Waals surface area contributed by atoms with E-state index in [9.17, 15) is 18.0 Å². The quantitative estimate of drug-likeness (QED) is 0.416. The van der Waals surface area contributed by atoms with Crippen LogP contribution in [0.25, 0.3) is 0 Å². The molecule has 7 nitrogen and oxygen atoms in total. The Hall–Kier alpha value is -1.56. The molecule has 0 aliphatic heterocycles. The first-order valence-electron chi connectivity index (χ1n) is 5.67. The van der Waals surface area contributed by atoms with E-state index in [2.05, 4.69) is 26.4 Å². The van der Waals surface area contributed by atoms with E-state index in [1.54, 1.807) is 0 Å². The molecule has 0 bridgehead atoms. The van der Waals surface area contributed by atoms with Crippen molar-refractivity contribution in [2.75, 3.05) is 12.3 Å². The number of aromatic nitrogens is 3. The lowest BCUT2D eigenvalue weighted by atomic mass is 10.6. The van der Waals surface area contributed by atoms with Gasteiger partial charge in [-0.3, -0.25) is 15.6 Å². The van der Waals surface area contributed by atoms with Crippen LogP contribution in [0.4, 0.5) is 13.2 Å². The van der Waals surface area contributed by atoms with E-state index in [1.165, 1.54) is 7.05 Å². The molecule has 1 aromatic heterocycles. The van der Waals surface area contributed by atoms with Gasteiger partial charge in [-0.25, -0.2) is 0 Å². The van der Waals surface area contributed by atoms with Crippen LogP contribution in [0.15, 0.2) is 5.16 Å². The Labute approximate surface area is 128 Å². The van der Waals surface area contributed by atoms with Gasteiger partial charge in [0.05, 0.1) is 5.75 Å². The van der Waals surface area contributed by atoms with E-state index in [4.69, 9.17) is 12.2 Å². The van der Waals surface area contributed by atoms with Gasteiger partial charge in [0.2, 0.25) is 11.7 Å². The van der Waals surface area contributed by atoms with Crippen LogP contribution < -0.4 is 16.2 Å². The number of thioether (sulfide) groups is 1. The SMILES string of the molecule is CCNC(=S)NNC(=O)CSc1nnc(C(F)(F)F)n1C. The van der Waals surface area contributed by atoms with Crippen molar-refractivity contribution in [1.82, 2.24) is 30.9 Å². The Kier molecular flexibility index (Phi) is 6.20. The highest BCUT2D eigenvalue weighted by molar-refractivity contribution is 7.99. The van der Waals surface area contributed by atoms with Gasteiger partial charge in [-0.1, -0.05) is 11.8 Å². The first kappa shape index (κ1) is 17.5. The second-order valence-electron chi connectivity index (χ2n) is 3.68. The lowest BCUT2D eigenvalue weighted by molar-refractivity contribution is -0.147. The third-order valence-electron chi connectivity index (χ3n) is 2.07. The van der Waals surface area contributed by atoms with Crippen LogP contribution in [0.1, 0.15) is 12.7 Å². The monoisotopic (exact) mass is 342 g/mol. The molecule has 21 heavy (non-hydrogen) atoms. The van der Waals surface area contributed by atoms with E-state index in [-0.39, 0.29) is 16.0 Å². The highest BCUT2D eigenvalue weighted by Gasteiger charge is 2.37. The summed E-state index contributed by atoms with van der Waals surface area (Å²) in [7, 11) is 1.18. The van der Waals surface area contributed by atoms with Crippen LogP contribution in [-0.4, -0.2) is 38.1 Å². The fourth-order valence-corrected chi connectivity index (χ4v) is 2.09. The smallest absolute Gasteiger partial charge is 0.362 e. The molecule has 1 heterocycles. The lowest BCUT2D eigenvalue weighted by Gasteiger charge is -2.10. The summed E-state index contributed by atoms with van der Waals surface area (Å²) in [6, 6.07) is 0. The van der Waals surface area contributed by atoms with Crippen molar-refractivity contribution in [3.8, 4) is 0 Å². The van der Waals surface area contributed by atoms with E-state index < -0.39 is 17.9 Å². The highest BCUT2D eigenvalue weighted by Crippen LogP contribution is 2.29.